The predicted molar refractivity (Wildman–Crippen MR) is 92.2 cm³/mol. The van der Waals surface area contributed by atoms with Gasteiger partial charge < -0.3 is 15.0 Å². The van der Waals surface area contributed by atoms with Gasteiger partial charge in [0.1, 0.15) is 17.6 Å². The number of nitrogens with zero attached hydrogens (tertiary/aromatic N) is 1. The van der Waals surface area contributed by atoms with Gasteiger partial charge in [-0.2, -0.15) is 0 Å². The molecule has 2 aromatic carbocycles. The summed E-state index contributed by atoms with van der Waals surface area (Å²) >= 11 is 0. The summed E-state index contributed by atoms with van der Waals surface area (Å²) in [7, 11) is 0. The Morgan fingerprint density at radius 1 is 1.20 bits per heavy atom. The largest absolute Gasteiger partial charge is 0.494 e. The quantitative estimate of drug-likeness (QED) is 0.909. The second kappa shape index (κ2) is 7.34. The molecule has 130 valence electrons. The number of anilines is 1. The molecule has 5 nitrogen and oxygen atoms in total. The van der Waals surface area contributed by atoms with Crippen LogP contribution in [0.3, 0.4) is 0 Å². The van der Waals surface area contributed by atoms with Gasteiger partial charge in [-0.25, -0.2) is 4.39 Å². The van der Waals surface area contributed by atoms with E-state index in [1.165, 1.54) is 12.1 Å². The average Bonchev–Trinajstić information content (AvgIpc) is 2.97. The summed E-state index contributed by atoms with van der Waals surface area (Å²) in [4.78, 5) is 26.4. The van der Waals surface area contributed by atoms with Crippen LogP contribution in [0, 0.1) is 5.82 Å². The number of rotatable bonds is 5. The van der Waals surface area contributed by atoms with E-state index in [2.05, 4.69) is 5.32 Å². The van der Waals surface area contributed by atoms with Crippen LogP contribution < -0.4 is 15.0 Å². The van der Waals surface area contributed by atoms with Gasteiger partial charge in [0, 0.05) is 17.8 Å². The summed E-state index contributed by atoms with van der Waals surface area (Å²) < 4.78 is 18.4. The third kappa shape index (κ3) is 3.79. The third-order valence-electron chi connectivity index (χ3n) is 4.08. The summed E-state index contributed by atoms with van der Waals surface area (Å²) in [6, 6.07) is 11.9. The van der Waals surface area contributed by atoms with Gasteiger partial charge in [0.2, 0.25) is 5.91 Å². The highest BCUT2D eigenvalue weighted by Gasteiger charge is 2.33. The summed E-state index contributed by atoms with van der Waals surface area (Å²) in [5.74, 6) is -0.150. The van der Waals surface area contributed by atoms with Crippen molar-refractivity contribution >= 4 is 17.5 Å². The molecule has 1 N–H and O–H groups in total. The first-order valence-corrected chi connectivity index (χ1v) is 8.19. The average molecular weight is 342 g/mol. The molecule has 25 heavy (non-hydrogen) atoms. The van der Waals surface area contributed by atoms with Gasteiger partial charge in [-0.05, 0) is 61.9 Å². The van der Waals surface area contributed by atoms with Gasteiger partial charge in [-0.15, -0.1) is 0 Å². The van der Waals surface area contributed by atoms with E-state index in [0.29, 0.717) is 36.6 Å². The van der Waals surface area contributed by atoms with Crippen LogP contribution >= 0.6 is 0 Å². The highest BCUT2D eigenvalue weighted by Crippen LogP contribution is 2.22. The van der Waals surface area contributed by atoms with Gasteiger partial charge in [-0.1, -0.05) is 0 Å². The zero-order valence-electron chi connectivity index (χ0n) is 13.9. The number of carbonyl (C=O) groups excluding carboxylic acids is 2. The smallest absolute Gasteiger partial charge is 0.251 e. The molecule has 0 aromatic heterocycles. The lowest BCUT2D eigenvalue weighted by atomic mass is 10.1. The number of amides is 2. The molecule has 1 fully saturated rings. The fourth-order valence-electron chi connectivity index (χ4n) is 2.80. The van der Waals surface area contributed by atoms with Crippen LogP contribution in [0.5, 0.6) is 5.75 Å². The monoisotopic (exact) mass is 342 g/mol. The van der Waals surface area contributed by atoms with E-state index in [0.717, 1.165) is 0 Å². The first kappa shape index (κ1) is 17.0. The lowest BCUT2D eigenvalue weighted by Gasteiger charge is -2.17. The zero-order valence-corrected chi connectivity index (χ0v) is 13.9. The van der Waals surface area contributed by atoms with Crippen LogP contribution in [0.25, 0.3) is 0 Å². The molecule has 0 aliphatic carbocycles. The molecule has 0 saturated carbocycles. The molecule has 0 radical (unpaired) electrons. The van der Waals surface area contributed by atoms with Crippen molar-refractivity contribution in [2.24, 2.45) is 0 Å². The number of carbonyl (C=O) groups is 2. The van der Waals surface area contributed by atoms with Crippen molar-refractivity contribution in [2.75, 3.05) is 18.1 Å². The Balaban J connectivity index is 1.64. The van der Waals surface area contributed by atoms with E-state index in [-0.39, 0.29) is 17.6 Å². The molecule has 1 saturated heterocycles. The van der Waals surface area contributed by atoms with E-state index in [1.807, 2.05) is 6.92 Å². The molecular weight excluding hydrogens is 323 g/mol. The lowest BCUT2D eigenvalue weighted by Crippen LogP contribution is -2.41. The van der Waals surface area contributed by atoms with E-state index >= 15 is 0 Å². The van der Waals surface area contributed by atoms with Crippen molar-refractivity contribution in [3.05, 3.63) is 59.9 Å². The maximum atomic E-state index is 13.0. The number of halogens is 1. The van der Waals surface area contributed by atoms with Crippen LogP contribution in [0.4, 0.5) is 10.1 Å². The minimum atomic E-state index is -0.580. The Bertz CT molecular complexity index is 759. The first-order valence-electron chi connectivity index (χ1n) is 8.19. The Morgan fingerprint density at radius 2 is 1.88 bits per heavy atom. The van der Waals surface area contributed by atoms with Gasteiger partial charge >= 0.3 is 0 Å². The van der Waals surface area contributed by atoms with Crippen molar-refractivity contribution in [2.45, 2.75) is 19.4 Å². The molecular formula is C19H19FN2O3. The molecule has 1 atom stereocenters. The van der Waals surface area contributed by atoms with Crippen molar-refractivity contribution in [3.63, 3.8) is 0 Å². The Hall–Kier alpha value is -2.89. The summed E-state index contributed by atoms with van der Waals surface area (Å²) in [6.45, 7) is 2.93. The van der Waals surface area contributed by atoms with Crippen LogP contribution in [0.2, 0.25) is 0 Å². The topological polar surface area (TPSA) is 58.6 Å². The van der Waals surface area contributed by atoms with Gasteiger partial charge in [0.15, 0.2) is 0 Å². The molecule has 1 aliphatic heterocycles. The second-order valence-electron chi connectivity index (χ2n) is 5.74. The maximum Gasteiger partial charge on any atom is 0.251 e. The normalized spacial score (nSPS) is 16.8. The molecule has 3 rings (SSSR count). The lowest BCUT2D eigenvalue weighted by molar-refractivity contribution is -0.118. The molecule has 1 unspecified atom stereocenters. The SMILES string of the molecule is CCOc1ccc(C(=O)NC2CCN(c3ccc(F)cc3)C2=O)cc1. The number of benzene rings is 2. The van der Waals surface area contributed by atoms with Crippen molar-refractivity contribution in [1.82, 2.24) is 5.32 Å². The molecule has 0 spiro atoms. The highest BCUT2D eigenvalue weighted by molar-refractivity contribution is 6.03. The van der Waals surface area contributed by atoms with Crippen LogP contribution in [-0.4, -0.2) is 31.0 Å². The molecule has 1 heterocycles. The van der Waals surface area contributed by atoms with E-state index in [4.69, 9.17) is 4.74 Å². The zero-order chi connectivity index (χ0) is 17.8. The minimum absolute atomic E-state index is 0.189. The number of ether oxygens (including phenoxy) is 1. The standard InChI is InChI=1S/C19H19FN2O3/c1-2-25-16-9-3-13(4-10-16)18(23)21-17-11-12-22(19(17)24)15-7-5-14(20)6-8-15/h3-10,17H,2,11-12H2,1H3,(H,21,23). The van der Waals surface area contributed by atoms with E-state index in [1.54, 1.807) is 41.3 Å². The Labute approximate surface area is 145 Å². The first-order chi connectivity index (χ1) is 12.1. The van der Waals surface area contributed by atoms with E-state index < -0.39 is 6.04 Å². The fourth-order valence-corrected chi connectivity index (χ4v) is 2.80. The Morgan fingerprint density at radius 3 is 2.52 bits per heavy atom. The summed E-state index contributed by atoms with van der Waals surface area (Å²) in [5, 5.41) is 2.76. The van der Waals surface area contributed by atoms with Crippen molar-refractivity contribution < 1.29 is 18.7 Å². The highest BCUT2D eigenvalue weighted by atomic mass is 19.1. The van der Waals surface area contributed by atoms with Crippen molar-refractivity contribution in [3.8, 4) is 5.75 Å². The minimum Gasteiger partial charge on any atom is -0.494 e. The molecule has 6 heteroatoms. The van der Waals surface area contributed by atoms with Gasteiger partial charge in [0.05, 0.1) is 6.61 Å². The number of hydrogen-bond acceptors (Lipinski definition) is 3. The van der Waals surface area contributed by atoms with Gasteiger partial charge in [-0.3, -0.25) is 9.59 Å². The summed E-state index contributed by atoms with van der Waals surface area (Å²) in [6.07, 6.45) is 0.513. The Kier molecular flexibility index (Phi) is 4.97. The predicted octanol–water partition coefficient (Wildman–Crippen LogP) is 2.76. The van der Waals surface area contributed by atoms with Crippen LogP contribution in [0.1, 0.15) is 23.7 Å². The third-order valence-corrected chi connectivity index (χ3v) is 4.08. The van der Waals surface area contributed by atoms with E-state index in [9.17, 15) is 14.0 Å². The molecule has 0 bridgehead atoms. The second-order valence-corrected chi connectivity index (χ2v) is 5.74. The number of hydrogen-bond donors (Lipinski definition) is 1. The molecule has 2 amide bonds. The summed E-state index contributed by atoms with van der Waals surface area (Å²) in [5.41, 5.74) is 1.10. The van der Waals surface area contributed by atoms with Crippen LogP contribution in [0.15, 0.2) is 48.5 Å². The van der Waals surface area contributed by atoms with Gasteiger partial charge in [0.25, 0.3) is 5.91 Å². The molecule has 2 aromatic rings. The number of nitrogens with one attached hydrogen (secondary N) is 1. The van der Waals surface area contributed by atoms with Crippen molar-refractivity contribution in [1.29, 1.82) is 0 Å². The fraction of sp³-hybridized carbons (Fsp3) is 0.263. The molecule has 1 aliphatic rings. The van der Waals surface area contributed by atoms with Crippen LogP contribution in [-0.2, 0) is 4.79 Å². The maximum absolute atomic E-state index is 13.0.